The molecule has 108 valence electrons. The Balaban J connectivity index is 1.86. The van der Waals surface area contributed by atoms with E-state index in [1.54, 1.807) is 42.4 Å². The van der Waals surface area contributed by atoms with Crippen molar-refractivity contribution in [1.82, 2.24) is 0 Å². The average molecular weight is 292 g/mol. The van der Waals surface area contributed by atoms with Crippen LogP contribution in [-0.4, -0.2) is 12.2 Å². The lowest BCUT2D eigenvalue weighted by Crippen LogP contribution is -2.10. The van der Waals surface area contributed by atoms with Gasteiger partial charge in [-0.3, -0.25) is 4.79 Å². The second-order valence-corrected chi connectivity index (χ2v) is 4.66. The number of rotatable bonds is 4. The molecule has 4 nitrogen and oxygen atoms in total. The molecule has 0 radical (unpaired) electrons. The summed E-state index contributed by atoms with van der Waals surface area (Å²) in [6.07, 6.45) is 4.80. The minimum absolute atomic E-state index is 0.538. The first kappa shape index (κ1) is 13.9. The molecule has 0 aromatic heterocycles. The molecule has 1 aliphatic heterocycles. The minimum Gasteiger partial charge on any atom is -0.447 e. The maximum absolute atomic E-state index is 11.1. The number of allylic oxidation sites excluding steroid dienone is 2. The summed E-state index contributed by atoms with van der Waals surface area (Å²) in [4.78, 5) is 21.2. The van der Waals surface area contributed by atoms with Crippen molar-refractivity contribution in [3.05, 3.63) is 71.3 Å². The van der Waals surface area contributed by atoms with Crippen molar-refractivity contribution in [3.63, 3.8) is 0 Å². The molecular formula is C18H12O4. The van der Waals surface area contributed by atoms with E-state index < -0.39 is 6.29 Å². The van der Waals surface area contributed by atoms with E-state index in [-0.39, 0.29) is 0 Å². The first-order valence-electron chi connectivity index (χ1n) is 6.71. The SMILES string of the molecule is O=C=C/C=C/c1ccc2c(c1)OC(c1ccccc1C=O)O2. The molecule has 0 bridgehead atoms. The quantitative estimate of drug-likeness (QED) is 0.492. The molecule has 22 heavy (non-hydrogen) atoms. The molecule has 0 spiro atoms. The van der Waals surface area contributed by atoms with E-state index in [9.17, 15) is 9.59 Å². The number of benzene rings is 2. The standard InChI is InChI=1S/C18H12O4/c19-10-4-3-5-13-8-9-16-17(11-13)22-18(21-16)15-7-2-1-6-14(15)12-20/h1-9,11-12,18H/b5-3+. The molecule has 1 unspecified atom stereocenters. The van der Waals surface area contributed by atoms with Crippen LogP contribution in [-0.2, 0) is 4.79 Å². The number of carbonyl (C=O) groups is 1. The summed E-state index contributed by atoms with van der Waals surface area (Å²) in [7, 11) is 0. The van der Waals surface area contributed by atoms with Gasteiger partial charge in [0.05, 0.1) is 0 Å². The predicted molar refractivity (Wildman–Crippen MR) is 81.6 cm³/mol. The van der Waals surface area contributed by atoms with E-state index in [2.05, 4.69) is 0 Å². The average Bonchev–Trinajstić information content (AvgIpc) is 2.98. The van der Waals surface area contributed by atoms with Crippen LogP contribution in [0.2, 0.25) is 0 Å². The van der Waals surface area contributed by atoms with Crippen molar-refractivity contribution in [1.29, 1.82) is 0 Å². The molecule has 1 atom stereocenters. The number of hydrogen-bond acceptors (Lipinski definition) is 4. The van der Waals surface area contributed by atoms with Crippen LogP contribution in [0.15, 0.2) is 54.6 Å². The Morgan fingerprint density at radius 3 is 2.68 bits per heavy atom. The monoisotopic (exact) mass is 292 g/mol. The number of hydrogen-bond donors (Lipinski definition) is 0. The van der Waals surface area contributed by atoms with Crippen molar-refractivity contribution < 1.29 is 19.1 Å². The van der Waals surface area contributed by atoms with Crippen LogP contribution >= 0.6 is 0 Å². The van der Waals surface area contributed by atoms with Gasteiger partial charge in [0.2, 0.25) is 0 Å². The third-order valence-corrected chi connectivity index (χ3v) is 3.27. The summed E-state index contributed by atoms with van der Waals surface area (Å²) in [5.41, 5.74) is 2.10. The Kier molecular flexibility index (Phi) is 3.86. The molecule has 0 amide bonds. The molecule has 4 heteroatoms. The van der Waals surface area contributed by atoms with Crippen LogP contribution in [0.4, 0.5) is 0 Å². The number of fused-ring (bicyclic) bond motifs is 1. The van der Waals surface area contributed by atoms with Crippen LogP contribution in [0.3, 0.4) is 0 Å². The summed E-state index contributed by atoms with van der Waals surface area (Å²) in [5.74, 6) is 2.90. The van der Waals surface area contributed by atoms with Gasteiger partial charge in [-0.2, -0.15) is 0 Å². The fourth-order valence-corrected chi connectivity index (χ4v) is 2.23. The Bertz CT molecular complexity index is 785. The number of carbonyl (C=O) groups excluding carboxylic acids is 2. The zero-order valence-corrected chi connectivity index (χ0v) is 11.6. The highest BCUT2D eigenvalue weighted by Crippen LogP contribution is 2.41. The van der Waals surface area contributed by atoms with Crippen LogP contribution in [0.1, 0.15) is 27.8 Å². The van der Waals surface area contributed by atoms with Gasteiger partial charge in [-0.15, -0.1) is 0 Å². The third-order valence-electron chi connectivity index (χ3n) is 3.27. The zero-order valence-electron chi connectivity index (χ0n) is 11.6. The van der Waals surface area contributed by atoms with Crippen molar-refractivity contribution in [2.45, 2.75) is 6.29 Å². The van der Waals surface area contributed by atoms with Gasteiger partial charge in [0.15, 0.2) is 17.8 Å². The maximum atomic E-state index is 11.1. The molecular weight excluding hydrogens is 280 g/mol. The normalized spacial score (nSPS) is 15.5. The van der Waals surface area contributed by atoms with Crippen LogP contribution in [0, 0.1) is 0 Å². The van der Waals surface area contributed by atoms with E-state index in [4.69, 9.17) is 9.47 Å². The van der Waals surface area contributed by atoms with Crippen LogP contribution in [0.25, 0.3) is 6.08 Å². The second-order valence-electron chi connectivity index (χ2n) is 4.66. The number of aldehydes is 1. The van der Waals surface area contributed by atoms with Crippen molar-refractivity contribution >= 4 is 18.3 Å². The van der Waals surface area contributed by atoms with E-state index in [1.165, 1.54) is 6.08 Å². The molecule has 2 aromatic carbocycles. The van der Waals surface area contributed by atoms with E-state index >= 15 is 0 Å². The van der Waals surface area contributed by atoms with E-state index in [1.807, 2.05) is 18.2 Å². The molecule has 1 heterocycles. The third kappa shape index (κ3) is 2.68. The van der Waals surface area contributed by atoms with Gasteiger partial charge in [0.1, 0.15) is 5.94 Å². The summed E-state index contributed by atoms with van der Waals surface area (Å²) in [6.45, 7) is 0. The first-order valence-corrected chi connectivity index (χ1v) is 6.71. The zero-order chi connectivity index (χ0) is 15.4. The largest absolute Gasteiger partial charge is 0.447 e. The Morgan fingerprint density at radius 2 is 1.86 bits per heavy atom. The molecule has 0 saturated carbocycles. The van der Waals surface area contributed by atoms with E-state index in [0.29, 0.717) is 22.6 Å². The highest BCUT2D eigenvalue weighted by atomic mass is 16.7. The van der Waals surface area contributed by atoms with Gasteiger partial charge < -0.3 is 9.47 Å². The summed E-state index contributed by atoms with van der Waals surface area (Å²) in [6, 6.07) is 12.6. The Labute approximate surface area is 127 Å². The van der Waals surface area contributed by atoms with Gasteiger partial charge in [-0.25, -0.2) is 4.79 Å². The van der Waals surface area contributed by atoms with Gasteiger partial charge in [-0.1, -0.05) is 42.5 Å². The summed E-state index contributed by atoms with van der Waals surface area (Å²) >= 11 is 0. The Morgan fingerprint density at radius 1 is 1.05 bits per heavy atom. The molecule has 1 aliphatic rings. The fourth-order valence-electron chi connectivity index (χ4n) is 2.23. The highest BCUT2D eigenvalue weighted by Gasteiger charge is 2.27. The topological polar surface area (TPSA) is 52.6 Å². The van der Waals surface area contributed by atoms with Crippen molar-refractivity contribution in [3.8, 4) is 11.5 Å². The molecule has 0 fully saturated rings. The maximum Gasteiger partial charge on any atom is 0.268 e. The van der Waals surface area contributed by atoms with Gasteiger partial charge in [0.25, 0.3) is 6.29 Å². The van der Waals surface area contributed by atoms with Crippen LogP contribution in [0.5, 0.6) is 11.5 Å². The second kappa shape index (κ2) is 6.12. The Hall–Kier alpha value is -3.10. The fraction of sp³-hybridized carbons (Fsp3) is 0.0556. The van der Waals surface area contributed by atoms with Gasteiger partial charge in [-0.05, 0) is 17.7 Å². The van der Waals surface area contributed by atoms with Crippen molar-refractivity contribution in [2.75, 3.05) is 0 Å². The lowest BCUT2D eigenvalue weighted by atomic mass is 10.1. The molecule has 2 aromatic rings. The molecule has 0 aliphatic carbocycles. The van der Waals surface area contributed by atoms with Crippen LogP contribution < -0.4 is 9.47 Å². The van der Waals surface area contributed by atoms with Crippen molar-refractivity contribution in [2.24, 2.45) is 0 Å². The predicted octanol–water partition coefficient (Wildman–Crippen LogP) is 3.37. The summed E-state index contributed by atoms with van der Waals surface area (Å²) < 4.78 is 11.5. The summed E-state index contributed by atoms with van der Waals surface area (Å²) in [5, 5.41) is 0. The lowest BCUT2D eigenvalue weighted by Gasteiger charge is -2.12. The van der Waals surface area contributed by atoms with Gasteiger partial charge in [0, 0.05) is 17.2 Å². The minimum atomic E-state index is -0.634. The molecule has 0 N–H and O–H groups in total. The molecule has 0 saturated heterocycles. The van der Waals surface area contributed by atoms with E-state index in [0.717, 1.165) is 11.8 Å². The smallest absolute Gasteiger partial charge is 0.268 e. The first-order chi connectivity index (χ1) is 10.8. The lowest BCUT2D eigenvalue weighted by molar-refractivity contribution is 0.0479. The number of ether oxygens (including phenoxy) is 2. The highest BCUT2D eigenvalue weighted by molar-refractivity contribution is 5.77. The molecule has 3 rings (SSSR count). The van der Waals surface area contributed by atoms with Gasteiger partial charge >= 0.3 is 0 Å².